The third kappa shape index (κ3) is 2.45. The van der Waals surface area contributed by atoms with Gasteiger partial charge in [0, 0.05) is 18.0 Å². The van der Waals surface area contributed by atoms with Crippen LogP contribution in [0.2, 0.25) is 0 Å². The molecular formula is C13H12N2O. The molecule has 0 saturated heterocycles. The number of benzene rings is 1. The van der Waals surface area contributed by atoms with Crippen molar-refractivity contribution in [3.8, 4) is 5.75 Å². The van der Waals surface area contributed by atoms with Crippen molar-refractivity contribution in [1.29, 1.82) is 0 Å². The molecular weight excluding hydrogens is 200 g/mol. The predicted octanol–water partition coefficient (Wildman–Crippen LogP) is 2.85. The molecule has 3 heteroatoms. The molecule has 1 N–H and O–H groups in total. The molecule has 0 aliphatic carbocycles. The zero-order valence-corrected chi connectivity index (χ0v) is 8.96. The lowest BCUT2D eigenvalue weighted by Gasteiger charge is -1.97. The minimum absolute atomic E-state index is 0.221. The molecule has 16 heavy (non-hydrogen) atoms. The Morgan fingerprint density at radius 2 is 2.06 bits per heavy atom. The van der Waals surface area contributed by atoms with Gasteiger partial charge in [-0.3, -0.25) is 0 Å². The summed E-state index contributed by atoms with van der Waals surface area (Å²) in [5.41, 5.74) is 1.80. The molecule has 1 heterocycles. The zero-order chi connectivity index (χ0) is 11.4. The van der Waals surface area contributed by atoms with Crippen LogP contribution in [0.15, 0.2) is 47.6 Å². The van der Waals surface area contributed by atoms with Crippen LogP contribution < -0.4 is 0 Å². The average Bonchev–Trinajstić information content (AvgIpc) is 2.28. The topological polar surface area (TPSA) is 45.5 Å². The van der Waals surface area contributed by atoms with Crippen molar-refractivity contribution in [2.24, 2.45) is 4.99 Å². The molecule has 0 fully saturated rings. The van der Waals surface area contributed by atoms with Gasteiger partial charge in [0.25, 0.3) is 0 Å². The van der Waals surface area contributed by atoms with E-state index in [1.807, 2.05) is 25.1 Å². The normalized spacial score (nSPS) is 10.8. The number of aryl methyl sites for hydroxylation is 1. The van der Waals surface area contributed by atoms with E-state index >= 15 is 0 Å². The number of hydrogen-bond acceptors (Lipinski definition) is 3. The molecule has 80 valence electrons. The first-order valence-corrected chi connectivity index (χ1v) is 5.00. The van der Waals surface area contributed by atoms with Crippen molar-refractivity contribution in [3.63, 3.8) is 0 Å². The molecule has 0 aliphatic rings. The molecule has 2 aromatic rings. The lowest BCUT2D eigenvalue weighted by molar-refractivity contribution is 0.474. The number of pyridine rings is 1. The Morgan fingerprint density at radius 3 is 2.81 bits per heavy atom. The fourth-order valence-electron chi connectivity index (χ4n) is 1.32. The molecule has 1 aromatic heterocycles. The first kappa shape index (κ1) is 10.4. The SMILES string of the molecule is Cc1ccnc(N=Cc2ccccc2O)c1. The molecule has 2 rings (SSSR count). The predicted molar refractivity (Wildman–Crippen MR) is 64.3 cm³/mol. The van der Waals surface area contributed by atoms with Crippen LogP contribution in [-0.2, 0) is 0 Å². The highest BCUT2D eigenvalue weighted by molar-refractivity contribution is 5.84. The summed E-state index contributed by atoms with van der Waals surface area (Å²) < 4.78 is 0. The number of phenols is 1. The monoisotopic (exact) mass is 212 g/mol. The van der Waals surface area contributed by atoms with Crippen LogP contribution in [0.5, 0.6) is 5.75 Å². The lowest BCUT2D eigenvalue weighted by atomic mass is 10.2. The number of aromatic nitrogens is 1. The third-order valence-corrected chi connectivity index (χ3v) is 2.17. The van der Waals surface area contributed by atoms with E-state index in [0.29, 0.717) is 11.4 Å². The van der Waals surface area contributed by atoms with Gasteiger partial charge in [-0.1, -0.05) is 12.1 Å². The van der Waals surface area contributed by atoms with Crippen LogP contribution in [0.25, 0.3) is 0 Å². The van der Waals surface area contributed by atoms with Gasteiger partial charge in [-0.25, -0.2) is 9.98 Å². The Kier molecular flexibility index (Phi) is 2.96. The van der Waals surface area contributed by atoms with E-state index in [2.05, 4.69) is 9.98 Å². The van der Waals surface area contributed by atoms with Crippen molar-refractivity contribution < 1.29 is 5.11 Å². The second kappa shape index (κ2) is 4.57. The fourth-order valence-corrected chi connectivity index (χ4v) is 1.32. The largest absolute Gasteiger partial charge is 0.507 e. The van der Waals surface area contributed by atoms with Crippen molar-refractivity contribution in [2.45, 2.75) is 6.92 Å². The maximum Gasteiger partial charge on any atom is 0.151 e. The van der Waals surface area contributed by atoms with Gasteiger partial charge in [0.1, 0.15) is 5.75 Å². The minimum Gasteiger partial charge on any atom is -0.507 e. The number of phenolic OH excluding ortho intramolecular Hbond substituents is 1. The number of aromatic hydroxyl groups is 1. The number of rotatable bonds is 2. The molecule has 1 aromatic carbocycles. The van der Waals surface area contributed by atoms with Crippen LogP contribution in [0.3, 0.4) is 0 Å². The molecule has 0 bridgehead atoms. The maximum atomic E-state index is 9.53. The number of aliphatic imine (C=N–C) groups is 1. The van der Waals surface area contributed by atoms with E-state index in [9.17, 15) is 5.11 Å². The van der Waals surface area contributed by atoms with Crippen LogP contribution >= 0.6 is 0 Å². The highest BCUT2D eigenvalue weighted by Crippen LogP contribution is 2.15. The lowest BCUT2D eigenvalue weighted by Crippen LogP contribution is -1.82. The summed E-state index contributed by atoms with van der Waals surface area (Å²) in [5, 5.41) is 9.53. The van der Waals surface area contributed by atoms with E-state index in [1.165, 1.54) is 0 Å². The summed E-state index contributed by atoms with van der Waals surface area (Å²) in [6.45, 7) is 1.99. The third-order valence-electron chi connectivity index (χ3n) is 2.17. The first-order chi connectivity index (χ1) is 7.75. The van der Waals surface area contributed by atoms with Crippen LogP contribution in [0, 0.1) is 6.92 Å². The van der Waals surface area contributed by atoms with Crippen LogP contribution in [0.1, 0.15) is 11.1 Å². The molecule has 0 atom stereocenters. The molecule has 0 radical (unpaired) electrons. The van der Waals surface area contributed by atoms with Crippen LogP contribution in [-0.4, -0.2) is 16.3 Å². The van der Waals surface area contributed by atoms with Gasteiger partial charge in [0.2, 0.25) is 0 Å². The molecule has 0 saturated carbocycles. The number of nitrogens with zero attached hydrogens (tertiary/aromatic N) is 2. The minimum atomic E-state index is 0.221. The van der Waals surface area contributed by atoms with Gasteiger partial charge < -0.3 is 5.11 Å². The zero-order valence-electron chi connectivity index (χ0n) is 8.96. The Labute approximate surface area is 94.1 Å². The average molecular weight is 212 g/mol. The van der Waals surface area contributed by atoms with E-state index in [0.717, 1.165) is 5.56 Å². The quantitative estimate of drug-likeness (QED) is 0.778. The van der Waals surface area contributed by atoms with E-state index in [1.54, 1.807) is 30.6 Å². The molecule has 3 nitrogen and oxygen atoms in total. The summed E-state index contributed by atoms with van der Waals surface area (Å²) in [5.74, 6) is 0.863. The van der Waals surface area contributed by atoms with E-state index in [-0.39, 0.29) is 5.75 Å². The summed E-state index contributed by atoms with van der Waals surface area (Å²) >= 11 is 0. The Bertz CT molecular complexity index is 521. The van der Waals surface area contributed by atoms with Gasteiger partial charge >= 0.3 is 0 Å². The standard InChI is InChI=1S/C13H12N2O/c1-10-6-7-14-13(8-10)15-9-11-4-2-3-5-12(11)16/h2-9,16H,1H3. The van der Waals surface area contributed by atoms with Crippen molar-refractivity contribution in [2.75, 3.05) is 0 Å². The number of hydrogen-bond donors (Lipinski definition) is 1. The Morgan fingerprint density at radius 1 is 1.25 bits per heavy atom. The van der Waals surface area contributed by atoms with Crippen LogP contribution in [0.4, 0.5) is 5.82 Å². The van der Waals surface area contributed by atoms with Crippen molar-refractivity contribution in [1.82, 2.24) is 4.98 Å². The van der Waals surface area contributed by atoms with Gasteiger partial charge in [0.05, 0.1) is 0 Å². The maximum absolute atomic E-state index is 9.53. The smallest absolute Gasteiger partial charge is 0.151 e. The number of para-hydroxylation sites is 1. The summed E-state index contributed by atoms with van der Waals surface area (Å²) in [6.07, 6.45) is 3.32. The summed E-state index contributed by atoms with van der Waals surface area (Å²) in [4.78, 5) is 8.31. The van der Waals surface area contributed by atoms with E-state index in [4.69, 9.17) is 0 Å². The first-order valence-electron chi connectivity index (χ1n) is 5.00. The Hall–Kier alpha value is -2.16. The van der Waals surface area contributed by atoms with Gasteiger partial charge in [-0.2, -0.15) is 0 Å². The van der Waals surface area contributed by atoms with Gasteiger partial charge in [0.15, 0.2) is 5.82 Å². The molecule has 0 aliphatic heterocycles. The summed E-state index contributed by atoms with van der Waals surface area (Å²) in [6, 6.07) is 10.9. The molecule has 0 unspecified atom stereocenters. The summed E-state index contributed by atoms with van der Waals surface area (Å²) in [7, 11) is 0. The highest BCUT2D eigenvalue weighted by Gasteiger charge is 1.95. The second-order valence-electron chi connectivity index (χ2n) is 3.51. The Balaban J connectivity index is 2.25. The van der Waals surface area contributed by atoms with Crippen molar-refractivity contribution >= 4 is 12.0 Å². The van der Waals surface area contributed by atoms with Gasteiger partial charge in [-0.05, 0) is 36.8 Å². The highest BCUT2D eigenvalue weighted by atomic mass is 16.3. The van der Waals surface area contributed by atoms with Gasteiger partial charge in [-0.15, -0.1) is 0 Å². The molecule has 0 amide bonds. The fraction of sp³-hybridized carbons (Fsp3) is 0.0769. The second-order valence-corrected chi connectivity index (χ2v) is 3.51. The molecule has 0 spiro atoms. The van der Waals surface area contributed by atoms with Crippen molar-refractivity contribution in [3.05, 3.63) is 53.7 Å². The van der Waals surface area contributed by atoms with E-state index < -0.39 is 0 Å².